The van der Waals surface area contributed by atoms with E-state index in [1.54, 1.807) is 20.3 Å². The molecule has 2 aromatic carbocycles. The molecule has 1 aliphatic heterocycles. The molecule has 4 nitrogen and oxygen atoms in total. The number of hydrogen-bond acceptors (Lipinski definition) is 4. The lowest BCUT2D eigenvalue weighted by molar-refractivity contribution is 0.226. The topological polar surface area (TPSA) is 41.9 Å². The standard InChI is InChI=1S/C19H21NO3/c1-20-8-7-12-10-15(22-2)19(23-3)18-16(12)13(20)9-11-5-4-6-14(21)17(11)18/h4-6,10,13,21H,7-9H2,1-3H3. The Morgan fingerprint density at radius 1 is 1.13 bits per heavy atom. The van der Waals surface area contributed by atoms with Crippen LogP contribution in [0.4, 0.5) is 0 Å². The van der Waals surface area contributed by atoms with Gasteiger partial charge in [0.15, 0.2) is 11.5 Å². The maximum Gasteiger partial charge on any atom is 0.169 e. The molecule has 0 radical (unpaired) electrons. The lowest BCUT2D eigenvalue weighted by Crippen LogP contribution is -2.35. The van der Waals surface area contributed by atoms with E-state index in [9.17, 15) is 5.11 Å². The van der Waals surface area contributed by atoms with Crippen LogP contribution < -0.4 is 9.47 Å². The SMILES string of the molecule is COc1cc2c3c(c1OC)-c1c(O)cccc1CC3N(C)CC2. The van der Waals surface area contributed by atoms with E-state index in [1.165, 1.54) is 11.1 Å². The Kier molecular flexibility index (Phi) is 3.23. The van der Waals surface area contributed by atoms with Gasteiger partial charge in [0.05, 0.1) is 14.2 Å². The number of hydrogen-bond donors (Lipinski definition) is 1. The number of methoxy groups -OCH3 is 2. The van der Waals surface area contributed by atoms with E-state index < -0.39 is 0 Å². The summed E-state index contributed by atoms with van der Waals surface area (Å²) in [7, 11) is 5.50. The van der Waals surface area contributed by atoms with Crippen molar-refractivity contribution < 1.29 is 14.6 Å². The third kappa shape index (κ3) is 1.94. The van der Waals surface area contributed by atoms with Gasteiger partial charge in [-0.2, -0.15) is 0 Å². The molecule has 1 heterocycles. The number of nitrogens with zero attached hydrogens (tertiary/aromatic N) is 1. The maximum absolute atomic E-state index is 10.5. The molecule has 0 amide bonds. The molecule has 0 fully saturated rings. The van der Waals surface area contributed by atoms with Crippen LogP contribution in [0.5, 0.6) is 17.2 Å². The average Bonchev–Trinajstić information content (AvgIpc) is 2.57. The highest BCUT2D eigenvalue weighted by Crippen LogP contribution is 2.54. The zero-order chi connectivity index (χ0) is 16.1. The fraction of sp³-hybridized carbons (Fsp3) is 0.368. The molecule has 0 bridgehead atoms. The highest BCUT2D eigenvalue weighted by atomic mass is 16.5. The van der Waals surface area contributed by atoms with Crippen molar-refractivity contribution in [3.8, 4) is 28.4 Å². The monoisotopic (exact) mass is 311 g/mol. The van der Waals surface area contributed by atoms with Gasteiger partial charge in [-0.1, -0.05) is 12.1 Å². The number of phenols is 1. The summed E-state index contributed by atoms with van der Waals surface area (Å²) in [6.07, 6.45) is 1.90. The third-order valence-electron chi connectivity index (χ3n) is 5.19. The molecule has 23 heavy (non-hydrogen) atoms. The second kappa shape index (κ2) is 5.17. The molecular formula is C19H21NO3. The molecule has 2 aliphatic rings. The predicted molar refractivity (Wildman–Crippen MR) is 89.4 cm³/mol. The average molecular weight is 311 g/mol. The molecule has 4 rings (SSSR count). The van der Waals surface area contributed by atoms with Crippen LogP contribution in [-0.2, 0) is 12.8 Å². The third-order valence-corrected chi connectivity index (χ3v) is 5.19. The van der Waals surface area contributed by atoms with E-state index in [0.717, 1.165) is 41.8 Å². The Hall–Kier alpha value is -2.20. The first-order valence-corrected chi connectivity index (χ1v) is 7.95. The largest absolute Gasteiger partial charge is 0.507 e. The van der Waals surface area contributed by atoms with Crippen LogP contribution in [0.15, 0.2) is 24.3 Å². The normalized spacial score (nSPS) is 19.0. The molecule has 2 aromatic rings. The van der Waals surface area contributed by atoms with Gasteiger partial charge in [-0.3, -0.25) is 4.90 Å². The van der Waals surface area contributed by atoms with Gasteiger partial charge >= 0.3 is 0 Å². The number of ether oxygens (including phenoxy) is 2. The van der Waals surface area contributed by atoms with Crippen molar-refractivity contribution in [2.45, 2.75) is 18.9 Å². The number of rotatable bonds is 2. The van der Waals surface area contributed by atoms with Gasteiger partial charge in [-0.05, 0) is 48.7 Å². The van der Waals surface area contributed by atoms with E-state index in [2.05, 4.69) is 24.1 Å². The molecule has 1 atom stereocenters. The summed E-state index contributed by atoms with van der Waals surface area (Å²) in [4.78, 5) is 2.39. The Bertz CT molecular complexity index is 785. The molecule has 4 heteroatoms. The van der Waals surface area contributed by atoms with Crippen LogP contribution in [-0.4, -0.2) is 37.8 Å². The minimum Gasteiger partial charge on any atom is -0.507 e. The summed E-state index contributed by atoms with van der Waals surface area (Å²) < 4.78 is 11.3. The van der Waals surface area contributed by atoms with Crippen LogP contribution in [0.25, 0.3) is 11.1 Å². The van der Waals surface area contributed by atoms with Crippen LogP contribution in [0.2, 0.25) is 0 Å². The maximum atomic E-state index is 10.5. The van der Waals surface area contributed by atoms with Gasteiger partial charge in [-0.15, -0.1) is 0 Å². The quantitative estimate of drug-likeness (QED) is 0.925. The molecule has 0 saturated carbocycles. The first-order chi connectivity index (χ1) is 11.2. The summed E-state index contributed by atoms with van der Waals surface area (Å²) in [6.45, 7) is 1.03. The van der Waals surface area contributed by atoms with E-state index in [1.807, 2.05) is 6.07 Å². The van der Waals surface area contributed by atoms with Gasteiger partial charge in [-0.25, -0.2) is 0 Å². The minimum absolute atomic E-state index is 0.308. The second-order valence-electron chi connectivity index (χ2n) is 6.32. The zero-order valence-electron chi connectivity index (χ0n) is 13.7. The van der Waals surface area contributed by atoms with Crippen molar-refractivity contribution in [2.75, 3.05) is 27.8 Å². The molecular weight excluding hydrogens is 290 g/mol. The fourth-order valence-corrected chi connectivity index (χ4v) is 4.08. The number of aromatic hydroxyl groups is 1. The van der Waals surface area contributed by atoms with Crippen molar-refractivity contribution in [2.24, 2.45) is 0 Å². The summed E-state index contributed by atoms with van der Waals surface area (Å²) in [5, 5.41) is 10.5. The first kappa shape index (κ1) is 14.4. The number of phenolic OH excluding ortho intramolecular Hbond substituents is 1. The Morgan fingerprint density at radius 3 is 2.70 bits per heavy atom. The van der Waals surface area contributed by atoms with Crippen molar-refractivity contribution in [1.82, 2.24) is 4.90 Å². The molecule has 0 spiro atoms. The zero-order valence-corrected chi connectivity index (χ0v) is 13.7. The molecule has 120 valence electrons. The molecule has 1 N–H and O–H groups in total. The van der Waals surface area contributed by atoms with E-state index in [4.69, 9.17) is 9.47 Å². The van der Waals surface area contributed by atoms with Crippen LogP contribution in [0.3, 0.4) is 0 Å². The van der Waals surface area contributed by atoms with Gasteiger partial charge in [0, 0.05) is 23.7 Å². The van der Waals surface area contributed by atoms with Crippen LogP contribution in [0, 0.1) is 0 Å². The van der Waals surface area contributed by atoms with E-state index in [0.29, 0.717) is 17.5 Å². The van der Waals surface area contributed by atoms with Crippen molar-refractivity contribution in [3.63, 3.8) is 0 Å². The highest BCUT2D eigenvalue weighted by molar-refractivity contribution is 5.86. The summed E-state index contributed by atoms with van der Waals surface area (Å²) in [5.41, 5.74) is 5.64. The minimum atomic E-state index is 0.308. The summed E-state index contributed by atoms with van der Waals surface area (Å²) in [5.74, 6) is 1.76. The van der Waals surface area contributed by atoms with Crippen LogP contribution in [0.1, 0.15) is 22.7 Å². The van der Waals surface area contributed by atoms with Crippen LogP contribution >= 0.6 is 0 Å². The Balaban J connectivity index is 2.12. The Morgan fingerprint density at radius 2 is 1.96 bits per heavy atom. The van der Waals surface area contributed by atoms with Gasteiger partial charge in [0.25, 0.3) is 0 Å². The summed E-state index contributed by atoms with van der Waals surface area (Å²) >= 11 is 0. The first-order valence-electron chi connectivity index (χ1n) is 7.95. The Labute approximate surface area is 136 Å². The van der Waals surface area contributed by atoms with Gasteiger partial charge < -0.3 is 14.6 Å². The molecule has 1 aliphatic carbocycles. The molecule has 1 unspecified atom stereocenters. The van der Waals surface area contributed by atoms with E-state index in [-0.39, 0.29) is 0 Å². The molecule has 0 aromatic heterocycles. The smallest absolute Gasteiger partial charge is 0.169 e. The number of benzene rings is 2. The fourth-order valence-electron chi connectivity index (χ4n) is 4.08. The predicted octanol–water partition coefficient (Wildman–Crippen LogP) is 3.16. The highest BCUT2D eigenvalue weighted by Gasteiger charge is 2.37. The lowest BCUT2D eigenvalue weighted by Gasteiger charge is -2.40. The van der Waals surface area contributed by atoms with Crippen molar-refractivity contribution in [1.29, 1.82) is 0 Å². The lowest BCUT2D eigenvalue weighted by atomic mass is 9.76. The molecule has 0 saturated heterocycles. The van der Waals surface area contributed by atoms with Crippen molar-refractivity contribution >= 4 is 0 Å². The van der Waals surface area contributed by atoms with Gasteiger partial charge in [0.2, 0.25) is 0 Å². The second-order valence-corrected chi connectivity index (χ2v) is 6.32. The van der Waals surface area contributed by atoms with Gasteiger partial charge in [0.1, 0.15) is 5.75 Å². The number of likely N-dealkylation sites (N-methyl/N-ethyl adjacent to an activating group) is 1. The number of fused-ring (bicyclic) bond motifs is 2. The van der Waals surface area contributed by atoms with Crippen molar-refractivity contribution in [3.05, 3.63) is 41.0 Å². The van der Waals surface area contributed by atoms with E-state index >= 15 is 0 Å². The summed E-state index contributed by atoms with van der Waals surface area (Å²) in [6, 6.07) is 8.18.